The lowest BCUT2D eigenvalue weighted by Gasteiger charge is -1.99. The van der Waals surface area contributed by atoms with Crippen LogP contribution in [0, 0.1) is 0 Å². The van der Waals surface area contributed by atoms with E-state index in [4.69, 9.17) is 28.3 Å². The van der Waals surface area contributed by atoms with Gasteiger partial charge in [0.05, 0.1) is 11.6 Å². The Morgan fingerprint density at radius 1 is 1.62 bits per heavy atom. The van der Waals surface area contributed by atoms with Crippen molar-refractivity contribution in [3.05, 3.63) is 21.9 Å². The Morgan fingerprint density at radius 2 is 2.31 bits per heavy atom. The molecular formula is C7H8Cl2N2O2. The van der Waals surface area contributed by atoms with Gasteiger partial charge in [-0.1, -0.05) is 23.2 Å². The van der Waals surface area contributed by atoms with Gasteiger partial charge in [-0.05, 0) is 6.07 Å². The van der Waals surface area contributed by atoms with E-state index in [1.807, 2.05) is 0 Å². The van der Waals surface area contributed by atoms with Crippen LogP contribution >= 0.6 is 23.2 Å². The molecule has 0 aromatic carbocycles. The summed E-state index contributed by atoms with van der Waals surface area (Å²) in [5.41, 5.74) is 0.281. The zero-order chi connectivity index (χ0) is 9.84. The van der Waals surface area contributed by atoms with Crippen molar-refractivity contribution in [2.24, 2.45) is 0 Å². The third-order valence-electron chi connectivity index (χ3n) is 1.37. The van der Waals surface area contributed by atoms with E-state index in [2.05, 4.69) is 10.3 Å². The Labute approximate surface area is 84.8 Å². The number of aromatic nitrogens is 1. The van der Waals surface area contributed by atoms with Gasteiger partial charge in [-0.2, -0.15) is 0 Å². The SMILES string of the molecule is O=C(NCCO)c1cc(Cl)c(Cl)[nH]1. The standard InChI is InChI=1S/C7H8Cl2N2O2/c8-4-3-5(11-6(4)9)7(13)10-1-2-12/h3,11-12H,1-2H2,(H,10,13). The van der Waals surface area contributed by atoms with Gasteiger partial charge in [-0.3, -0.25) is 4.79 Å². The summed E-state index contributed by atoms with van der Waals surface area (Å²) in [5, 5.41) is 11.4. The van der Waals surface area contributed by atoms with E-state index in [-0.39, 0.29) is 29.9 Å². The molecule has 13 heavy (non-hydrogen) atoms. The molecule has 1 aromatic rings. The fraction of sp³-hybridized carbons (Fsp3) is 0.286. The number of nitrogens with one attached hydrogen (secondary N) is 2. The second-order valence-electron chi connectivity index (χ2n) is 2.32. The van der Waals surface area contributed by atoms with Gasteiger partial charge >= 0.3 is 0 Å². The summed E-state index contributed by atoms with van der Waals surface area (Å²) in [6.45, 7) is 0.0982. The van der Waals surface area contributed by atoms with Crippen LogP contribution < -0.4 is 5.32 Å². The molecule has 1 aromatic heterocycles. The Bertz CT molecular complexity index is 292. The summed E-state index contributed by atoms with van der Waals surface area (Å²) in [6.07, 6.45) is 0. The molecule has 1 amide bonds. The molecule has 6 heteroatoms. The van der Waals surface area contributed by atoms with Gasteiger partial charge < -0.3 is 15.4 Å². The first-order valence-corrected chi connectivity index (χ1v) is 4.34. The highest BCUT2D eigenvalue weighted by Crippen LogP contribution is 2.21. The molecule has 0 bridgehead atoms. The molecule has 1 rings (SSSR count). The highest BCUT2D eigenvalue weighted by atomic mass is 35.5. The highest BCUT2D eigenvalue weighted by Gasteiger charge is 2.10. The van der Waals surface area contributed by atoms with E-state index in [1.54, 1.807) is 0 Å². The molecule has 0 unspecified atom stereocenters. The summed E-state index contributed by atoms with van der Waals surface area (Å²) < 4.78 is 0. The van der Waals surface area contributed by atoms with Crippen molar-refractivity contribution >= 4 is 29.1 Å². The number of halogens is 2. The summed E-state index contributed by atoms with van der Waals surface area (Å²) in [5.74, 6) is -0.345. The average Bonchev–Trinajstić information content (AvgIpc) is 2.43. The molecule has 1 heterocycles. The second kappa shape index (κ2) is 4.50. The minimum atomic E-state index is -0.345. The number of amides is 1. The fourth-order valence-corrected chi connectivity index (χ4v) is 1.10. The molecule has 0 radical (unpaired) electrons. The van der Waals surface area contributed by atoms with Gasteiger partial charge in [0, 0.05) is 6.54 Å². The Morgan fingerprint density at radius 3 is 2.77 bits per heavy atom. The van der Waals surface area contributed by atoms with E-state index in [9.17, 15) is 4.79 Å². The quantitative estimate of drug-likeness (QED) is 0.716. The predicted octanol–water partition coefficient (Wildman–Crippen LogP) is 1.04. The van der Waals surface area contributed by atoms with Crippen molar-refractivity contribution in [2.75, 3.05) is 13.2 Å². The third kappa shape index (κ3) is 2.62. The number of rotatable bonds is 3. The van der Waals surface area contributed by atoms with E-state index in [1.165, 1.54) is 6.07 Å². The maximum Gasteiger partial charge on any atom is 0.267 e. The highest BCUT2D eigenvalue weighted by molar-refractivity contribution is 6.41. The van der Waals surface area contributed by atoms with Gasteiger partial charge in [-0.25, -0.2) is 0 Å². The largest absolute Gasteiger partial charge is 0.395 e. The molecule has 0 saturated carbocycles. The van der Waals surface area contributed by atoms with Crippen LogP contribution in [-0.4, -0.2) is 29.1 Å². The Kier molecular flexibility index (Phi) is 3.59. The molecular weight excluding hydrogens is 215 g/mol. The van der Waals surface area contributed by atoms with Gasteiger partial charge in [0.15, 0.2) is 0 Å². The van der Waals surface area contributed by atoms with Gasteiger partial charge in [0.2, 0.25) is 0 Å². The Hall–Kier alpha value is -0.710. The monoisotopic (exact) mass is 222 g/mol. The summed E-state index contributed by atoms with van der Waals surface area (Å²) in [6, 6.07) is 1.43. The summed E-state index contributed by atoms with van der Waals surface area (Å²) in [4.78, 5) is 13.8. The molecule has 0 aliphatic carbocycles. The molecule has 4 nitrogen and oxygen atoms in total. The number of H-pyrrole nitrogens is 1. The first-order chi connectivity index (χ1) is 6.15. The third-order valence-corrected chi connectivity index (χ3v) is 2.06. The predicted molar refractivity (Wildman–Crippen MR) is 50.2 cm³/mol. The zero-order valence-corrected chi connectivity index (χ0v) is 8.11. The molecule has 72 valence electrons. The van der Waals surface area contributed by atoms with Crippen LogP contribution in [0.25, 0.3) is 0 Å². The second-order valence-corrected chi connectivity index (χ2v) is 3.11. The molecule has 0 saturated heterocycles. The minimum absolute atomic E-state index is 0.103. The number of aliphatic hydroxyl groups excluding tert-OH is 1. The molecule has 3 N–H and O–H groups in total. The number of carbonyl (C=O) groups is 1. The van der Waals surface area contributed by atoms with E-state index >= 15 is 0 Å². The first-order valence-electron chi connectivity index (χ1n) is 3.58. The van der Waals surface area contributed by atoms with Crippen LogP contribution in [0.15, 0.2) is 6.07 Å². The maximum atomic E-state index is 11.2. The van der Waals surface area contributed by atoms with Crippen LogP contribution in [-0.2, 0) is 0 Å². The van der Waals surface area contributed by atoms with E-state index in [0.29, 0.717) is 5.02 Å². The molecule has 0 atom stereocenters. The van der Waals surface area contributed by atoms with Crippen molar-refractivity contribution < 1.29 is 9.90 Å². The van der Waals surface area contributed by atoms with Gasteiger partial charge in [-0.15, -0.1) is 0 Å². The minimum Gasteiger partial charge on any atom is -0.395 e. The smallest absolute Gasteiger partial charge is 0.267 e. The molecule has 0 aliphatic heterocycles. The average molecular weight is 223 g/mol. The molecule has 0 spiro atoms. The lowest BCUT2D eigenvalue weighted by atomic mass is 10.4. The van der Waals surface area contributed by atoms with Crippen LogP contribution in [0.2, 0.25) is 10.2 Å². The molecule has 0 aliphatic rings. The summed E-state index contributed by atoms with van der Waals surface area (Å²) in [7, 11) is 0. The lowest BCUT2D eigenvalue weighted by Crippen LogP contribution is -2.26. The van der Waals surface area contributed by atoms with Crippen molar-refractivity contribution in [3.8, 4) is 0 Å². The number of aliphatic hydroxyl groups is 1. The van der Waals surface area contributed by atoms with Crippen molar-refractivity contribution in [1.29, 1.82) is 0 Å². The lowest BCUT2D eigenvalue weighted by molar-refractivity contribution is 0.0940. The van der Waals surface area contributed by atoms with Crippen LogP contribution in [0.3, 0.4) is 0 Å². The van der Waals surface area contributed by atoms with Crippen LogP contribution in [0.1, 0.15) is 10.5 Å². The van der Waals surface area contributed by atoms with Crippen LogP contribution in [0.5, 0.6) is 0 Å². The number of aromatic amines is 1. The fourth-order valence-electron chi connectivity index (χ4n) is 0.791. The topological polar surface area (TPSA) is 65.1 Å². The molecule has 0 fully saturated rings. The van der Waals surface area contributed by atoms with Gasteiger partial charge in [0.25, 0.3) is 5.91 Å². The zero-order valence-electron chi connectivity index (χ0n) is 6.60. The van der Waals surface area contributed by atoms with Crippen molar-refractivity contribution in [3.63, 3.8) is 0 Å². The van der Waals surface area contributed by atoms with Crippen LogP contribution in [0.4, 0.5) is 0 Å². The number of hydrogen-bond donors (Lipinski definition) is 3. The van der Waals surface area contributed by atoms with E-state index in [0.717, 1.165) is 0 Å². The Balaban J connectivity index is 2.66. The summed E-state index contributed by atoms with van der Waals surface area (Å²) >= 11 is 11.2. The van der Waals surface area contributed by atoms with Gasteiger partial charge in [0.1, 0.15) is 10.8 Å². The van der Waals surface area contributed by atoms with Crippen molar-refractivity contribution in [2.45, 2.75) is 0 Å². The number of hydrogen-bond acceptors (Lipinski definition) is 2. The first kappa shape index (κ1) is 10.4. The van der Waals surface area contributed by atoms with Crippen molar-refractivity contribution in [1.82, 2.24) is 10.3 Å². The van der Waals surface area contributed by atoms with E-state index < -0.39 is 0 Å². The normalized spacial score (nSPS) is 10.1. The number of carbonyl (C=O) groups excluding carboxylic acids is 1. The maximum absolute atomic E-state index is 11.2.